The van der Waals surface area contributed by atoms with Crippen LogP contribution in [-0.2, 0) is 9.59 Å². The average Bonchev–Trinajstić information content (AvgIpc) is 2.39. The van der Waals surface area contributed by atoms with Crippen LogP contribution in [0.4, 0.5) is 0 Å². The van der Waals surface area contributed by atoms with Crippen molar-refractivity contribution in [1.82, 2.24) is 4.90 Å². The molecule has 1 fully saturated rings. The van der Waals surface area contributed by atoms with E-state index >= 15 is 0 Å². The summed E-state index contributed by atoms with van der Waals surface area (Å²) in [7, 11) is 0. The van der Waals surface area contributed by atoms with Crippen molar-refractivity contribution in [2.24, 2.45) is 5.41 Å². The maximum Gasteiger partial charge on any atom is 0.303 e. The van der Waals surface area contributed by atoms with Gasteiger partial charge in [0.05, 0.1) is 6.42 Å². The van der Waals surface area contributed by atoms with Crippen molar-refractivity contribution in [1.29, 1.82) is 0 Å². The van der Waals surface area contributed by atoms with Gasteiger partial charge in [-0.15, -0.1) is 0 Å². The van der Waals surface area contributed by atoms with Crippen LogP contribution in [0.5, 0.6) is 0 Å². The minimum Gasteiger partial charge on any atom is -0.481 e. The predicted octanol–water partition coefficient (Wildman–Crippen LogP) is 2.98. The van der Waals surface area contributed by atoms with E-state index in [4.69, 9.17) is 5.11 Å². The van der Waals surface area contributed by atoms with E-state index in [0.29, 0.717) is 13.0 Å². The Labute approximate surface area is 120 Å². The number of nitrogens with zero attached hydrogens (tertiary/aromatic N) is 1. The lowest BCUT2D eigenvalue weighted by Gasteiger charge is -2.37. The molecule has 0 bridgehead atoms. The number of amides is 1. The third-order valence-corrected chi connectivity index (χ3v) is 4.76. The van der Waals surface area contributed by atoms with Crippen LogP contribution in [0.1, 0.15) is 58.3 Å². The molecule has 1 amide bonds. The average molecular weight is 279 g/mol. The molecule has 4 heteroatoms. The predicted molar refractivity (Wildman–Crippen MR) is 77.3 cm³/mol. The van der Waals surface area contributed by atoms with E-state index < -0.39 is 5.97 Å². The molecule has 1 heterocycles. The van der Waals surface area contributed by atoms with Gasteiger partial charge in [-0.05, 0) is 31.6 Å². The molecule has 2 rings (SSSR count). The van der Waals surface area contributed by atoms with E-state index in [0.717, 1.165) is 38.6 Å². The molecule has 20 heavy (non-hydrogen) atoms. The van der Waals surface area contributed by atoms with Crippen LogP contribution >= 0.6 is 0 Å². The molecule has 1 aliphatic heterocycles. The topological polar surface area (TPSA) is 57.6 Å². The highest BCUT2D eigenvalue weighted by Crippen LogP contribution is 2.42. The maximum absolute atomic E-state index is 12.5. The van der Waals surface area contributed by atoms with Gasteiger partial charge in [-0.25, -0.2) is 0 Å². The first kappa shape index (κ1) is 15.1. The zero-order chi connectivity index (χ0) is 14.6. The lowest BCUT2D eigenvalue weighted by atomic mass is 9.69. The highest BCUT2D eigenvalue weighted by molar-refractivity contribution is 5.78. The van der Waals surface area contributed by atoms with Crippen molar-refractivity contribution in [3.63, 3.8) is 0 Å². The van der Waals surface area contributed by atoms with Crippen LogP contribution < -0.4 is 0 Å². The van der Waals surface area contributed by atoms with Crippen molar-refractivity contribution in [3.8, 4) is 0 Å². The first-order chi connectivity index (χ1) is 9.51. The van der Waals surface area contributed by atoms with E-state index in [1.165, 1.54) is 12.0 Å². The molecule has 0 saturated heterocycles. The summed E-state index contributed by atoms with van der Waals surface area (Å²) in [6.07, 6.45) is 8.64. The van der Waals surface area contributed by atoms with Gasteiger partial charge in [0, 0.05) is 19.5 Å². The number of aliphatic carboxylic acids is 1. The van der Waals surface area contributed by atoms with Gasteiger partial charge in [0.2, 0.25) is 5.91 Å². The number of hydrogen-bond acceptors (Lipinski definition) is 2. The van der Waals surface area contributed by atoms with Crippen LogP contribution in [-0.4, -0.2) is 35.0 Å². The number of carboxylic acids is 1. The minimum atomic E-state index is -0.769. The Balaban J connectivity index is 2.00. The monoisotopic (exact) mass is 279 g/mol. The summed E-state index contributed by atoms with van der Waals surface area (Å²) < 4.78 is 0. The van der Waals surface area contributed by atoms with Crippen LogP contribution in [0.25, 0.3) is 0 Å². The lowest BCUT2D eigenvalue weighted by molar-refractivity contribution is -0.142. The Hall–Kier alpha value is -1.32. The molecule has 1 N–H and O–H groups in total. The second-order valence-corrected chi connectivity index (χ2v) is 6.45. The maximum atomic E-state index is 12.5. The SMILES string of the molecule is CC1=CCN(C(=O)CC2(CC(=O)O)CCCCC2)CC1. The quantitative estimate of drug-likeness (QED) is 0.805. The molecule has 112 valence electrons. The fourth-order valence-electron chi connectivity index (χ4n) is 3.47. The van der Waals surface area contributed by atoms with Crippen molar-refractivity contribution < 1.29 is 14.7 Å². The first-order valence-electron chi connectivity index (χ1n) is 7.66. The fourth-order valence-corrected chi connectivity index (χ4v) is 3.47. The molecule has 2 aliphatic rings. The van der Waals surface area contributed by atoms with Crippen molar-refractivity contribution in [3.05, 3.63) is 11.6 Å². The zero-order valence-corrected chi connectivity index (χ0v) is 12.4. The van der Waals surface area contributed by atoms with Gasteiger partial charge in [0.15, 0.2) is 0 Å². The number of rotatable bonds is 4. The number of carbonyl (C=O) groups is 2. The molecule has 0 aromatic rings. The Kier molecular flexibility index (Phi) is 4.84. The van der Waals surface area contributed by atoms with Crippen LogP contribution in [0.15, 0.2) is 11.6 Å². The van der Waals surface area contributed by atoms with Gasteiger partial charge < -0.3 is 10.0 Å². The molecule has 0 atom stereocenters. The van der Waals surface area contributed by atoms with E-state index in [2.05, 4.69) is 13.0 Å². The standard InChI is InChI=1S/C16H25NO3/c1-13-5-9-17(10-6-13)14(18)11-16(12-15(19)20)7-3-2-4-8-16/h5H,2-4,6-12H2,1H3,(H,19,20). The largest absolute Gasteiger partial charge is 0.481 e. The highest BCUT2D eigenvalue weighted by Gasteiger charge is 2.37. The van der Waals surface area contributed by atoms with E-state index in [1.54, 1.807) is 0 Å². The minimum absolute atomic E-state index is 0.136. The molecule has 0 aromatic carbocycles. The molecular formula is C16H25NO3. The molecule has 0 unspecified atom stereocenters. The van der Waals surface area contributed by atoms with Gasteiger partial charge in [-0.2, -0.15) is 0 Å². The lowest BCUT2D eigenvalue weighted by Crippen LogP contribution is -2.39. The van der Waals surface area contributed by atoms with Crippen LogP contribution in [0.3, 0.4) is 0 Å². The smallest absolute Gasteiger partial charge is 0.303 e. The summed E-state index contributed by atoms with van der Waals surface area (Å²) in [5, 5.41) is 9.15. The third kappa shape index (κ3) is 3.84. The van der Waals surface area contributed by atoms with Gasteiger partial charge in [-0.3, -0.25) is 9.59 Å². The Morgan fingerprint density at radius 1 is 1.25 bits per heavy atom. The Bertz CT molecular complexity index is 408. The second-order valence-electron chi connectivity index (χ2n) is 6.45. The summed E-state index contributed by atoms with van der Waals surface area (Å²) in [5.74, 6) is -0.633. The molecular weight excluding hydrogens is 254 g/mol. The van der Waals surface area contributed by atoms with Crippen LogP contribution in [0.2, 0.25) is 0 Å². The van der Waals surface area contributed by atoms with E-state index in [-0.39, 0.29) is 17.7 Å². The molecule has 4 nitrogen and oxygen atoms in total. The first-order valence-corrected chi connectivity index (χ1v) is 7.66. The zero-order valence-electron chi connectivity index (χ0n) is 12.4. The van der Waals surface area contributed by atoms with E-state index in [9.17, 15) is 9.59 Å². The van der Waals surface area contributed by atoms with Crippen LogP contribution in [0, 0.1) is 5.41 Å². The fraction of sp³-hybridized carbons (Fsp3) is 0.750. The highest BCUT2D eigenvalue weighted by atomic mass is 16.4. The van der Waals surface area contributed by atoms with Gasteiger partial charge in [0.1, 0.15) is 0 Å². The summed E-state index contributed by atoms with van der Waals surface area (Å²) in [5.41, 5.74) is 1.05. The normalized spacial score (nSPS) is 22.2. The third-order valence-electron chi connectivity index (χ3n) is 4.76. The number of carbonyl (C=O) groups excluding carboxylic acids is 1. The molecule has 0 radical (unpaired) electrons. The summed E-state index contributed by atoms with van der Waals surface area (Å²) in [4.78, 5) is 25.5. The van der Waals surface area contributed by atoms with Crippen molar-refractivity contribution >= 4 is 11.9 Å². The Morgan fingerprint density at radius 3 is 2.50 bits per heavy atom. The van der Waals surface area contributed by atoms with Gasteiger partial charge in [-0.1, -0.05) is 30.9 Å². The molecule has 0 spiro atoms. The molecule has 1 saturated carbocycles. The van der Waals surface area contributed by atoms with E-state index in [1.807, 2.05) is 4.90 Å². The number of carboxylic acid groups (broad SMARTS) is 1. The summed E-state index contributed by atoms with van der Waals surface area (Å²) in [6.45, 7) is 3.56. The summed E-state index contributed by atoms with van der Waals surface area (Å²) in [6, 6.07) is 0. The Morgan fingerprint density at radius 2 is 1.95 bits per heavy atom. The number of hydrogen-bond donors (Lipinski definition) is 1. The van der Waals surface area contributed by atoms with Crippen molar-refractivity contribution in [2.45, 2.75) is 58.3 Å². The second kappa shape index (κ2) is 6.42. The van der Waals surface area contributed by atoms with Crippen molar-refractivity contribution in [2.75, 3.05) is 13.1 Å². The summed E-state index contributed by atoms with van der Waals surface area (Å²) >= 11 is 0. The molecule has 1 aliphatic carbocycles. The molecule has 0 aromatic heterocycles. The van der Waals surface area contributed by atoms with Gasteiger partial charge in [0.25, 0.3) is 0 Å². The van der Waals surface area contributed by atoms with Gasteiger partial charge >= 0.3 is 5.97 Å².